The molecule has 35 heavy (non-hydrogen) atoms. The molecule has 0 aliphatic carbocycles. The summed E-state index contributed by atoms with van der Waals surface area (Å²) >= 11 is 3.47. The molecular formula is C25H25BrN8O. The number of H-pyrrole nitrogens is 1. The van der Waals surface area contributed by atoms with E-state index >= 15 is 0 Å². The van der Waals surface area contributed by atoms with Crippen molar-refractivity contribution in [3.63, 3.8) is 0 Å². The number of aromatic nitrogens is 6. The number of fused-ring (bicyclic) bond motifs is 2. The van der Waals surface area contributed by atoms with Crippen LogP contribution < -0.4 is 15.4 Å². The summed E-state index contributed by atoms with van der Waals surface area (Å²) in [6, 6.07) is 12.4. The van der Waals surface area contributed by atoms with Gasteiger partial charge in [-0.05, 0) is 58.1 Å². The zero-order valence-corrected chi connectivity index (χ0v) is 21.1. The van der Waals surface area contributed by atoms with Gasteiger partial charge in [0, 0.05) is 42.3 Å². The highest BCUT2D eigenvalue weighted by molar-refractivity contribution is 9.10. The lowest BCUT2D eigenvalue weighted by molar-refractivity contribution is 0.415. The Kier molecular flexibility index (Phi) is 6.71. The molecule has 0 unspecified atom stereocenters. The number of anilines is 2. The summed E-state index contributed by atoms with van der Waals surface area (Å²) in [4.78, 5) is 17.6. The van der Waals surface area contributed by atoms with E-state index in [-0.39, 0.29) is 0 Å². The zero-order chi connectivity index (χ0) is 24.2. The van der Waals surface area contributed by atoms with Gasteiger partial charge in [-0.1, -0.05) is 13.0 Å². The molecule has 9 nitrogen and oxygen atoms in total. The van der Waals surface area contributed by atoms with Crippen LogP contribution in [0.5, 0.6) is 5.75 Å². The van der Waals surface area contributed by atoms with Gasteiger partial charge in [-0.25, -0.2) is 19.9 Å². The molecule has 3 aromatic heterocycles. The topological polar surface area (TPSA) is 114 Å². The van der Waals surface area contributed by atoms with Crippen LogP contribution in [0.2, 0.25) is 0 Å². The van der Waals surface area contributed by atoms with Gasteiger partial charge in [0.25, 0.3) is 0 Å². The zero-order valence-electron chi connectivity index (χ0n) is 19.5. The Morgan fingerprint density at radius 3 is 2.77 bits per heavy atom. The van der Waals surface area contributed by atoms with Crippen molar-refractivity contribution < 1.29 is 4.74 Å². The maximum Gasteiger partial charge on any atom is 0.187 e. The molecule has 3 heterocycles. The average Bonchev–Trinajstić information content (AvgIpc) is 3.29. The molecule has 0 aliphatic heterocycles. The lowest BCUT2D eigenvalue weighted by Crippen LogP contribution is -2.10. The van der Waals surface area contributed by atoms with E-state index in [2.05, 4.69) is 82.9 Å². The maximum atomic E-state index is 5.47. The molecule has 0 amide bonds. The van der Waals surface area contributed by atoms with Crippen LogP contribution in [0, 0.1) is 0 Å². The smallest absolute Gasteiger partial charge is 0.187 e. The van der Waals surface area contributed by atoms with Gasteiger partial charge in [0.2, 0.25) is 0 Å². The Balaban J connectivity index is 1.34. The fourth-order valence-corrected chi connectivity index (χ4v) is 4.42. The largest absolute Gasteiger partial charge is 0.497 e. The van der Waals surface area contributed by atoms with Crippen LogP contribution in [-0.4, -0.2) is 50.3 Å². The minimum absolute atomic E-state index is 0.626. The predicted molar refractivity (Wildman–Crippen MR) is 142 cm³/mol. The molecule has 0 atom stereocenters. The molecule has 0 spiro atoms. The van der Waals surface area contributed by atoms with Gasteiger partial charge < -0.3 is 15.4 Å². The van der Waals surface area contributed by atoms with Crippen LogP contribution in [0.15, 0.2) is 53.5 Å². The first-order chi connectivity index (χ1) is 17.2. The number of methoxy groups -OCH3 is 1. The highest BCUT2D eigenvalue weighted by atomic mass is 79.9. The second-order valence-corrected chi connectivity index (χ2v) is 8.78. The van der Waals surface area contributed by atoms with E-state index in [0.29, 0.717) is 5.65 Å². The van der Waals surface area contributed by atoms with Crippen LogP contribution in [0.1, 0.15) is 19.2 Å². The van der Waals surface area contributed by atoms with Gasteiger partial charge in [-0.15, -0.1) is 0 Å². The Labute approximate surface area is 210 Å². The van der Waals surface area contributed by atoms with Crippen molar-refractivity contribution in [3.05, 3.63) is 59.3 Å². The molecule has 10 heteroatoms. The van der Waals surface area contributed by atoms with Gasteiger partial charge in [-0.3, -0.25) is 5.10 Å². The Hall–Kier alpha value is -3.79. The first-order valence-electron chi connectivity index (χ1n) is 11.4. The first kappa shape index (κ1) is 23.0. The summed E-state index contributed by atoms with van der Waals surface area (Å²) in [6.45, 7) is 3.57. The van der Waals surface area contributed by atoms with Gasteiger partial charge >= 0.3 is 0 Å². The lowest BCUT2D eigenvalue weighted by atomic mass is 10.0. The maximum absolute atomic E-state index is 5.47. The average molecular weight is 533 g/mol. The molecule has 0 bridgehead atoms. The molecule has 0 saturated carbocycles. The van der Waals surface area contributed by atoms with E-state index in [1.165, 1.54) is 6.33 Å². The quantitative estimate of drug-likeness (QED) is 0.221. The summed E-state index contributed by atoms with van der Waals surface area (Å²) in [5.74, 6) is 2.41. The number of nitrogens with zero attached hydrogens (tertiary/aromatic N) is 5. The van der Waals surface area contributed by atoms with Crippen LogP contribution in [0.4, 0.5) is 11.5 Å². The second kappa shape index (κ2) is 10.2. The molecule has 5 rings (SSSR count). The second-order valence-electron chi connectivity index (χ2n) is 7.99. The number of rotatable bonds is 9. The molecule has 3 N–H and O–H groups in total. The summed E-state index contributed by atoms with van der Waals surface area (Å²) in [5.41, 5.74) is 3.63. The normalized spacial score (nSPS) is 11.2. The van der Waals surface area contributed by atoms with Crippen LogP contribution in [0.3, 0.4) is 0 Å². The fourth-order valence-electron chi connectivity index (χ4n) is 3.96. The van der Waals surface area contributed by atoms with Gasteiger partial charge in [-0.2, -0.15) is 5.10 Å². The Bertz CT molecular complexity index is 1490. The Morgan fingerprint density at radius 1 is 1.03 bits per heavy atom. The van der Waals surface area contributed by atoms with Crippen molar-refractivity contribution in [2.75, 3.05) is 30.8 Å². The molecule has 5 aromatic rings. The third-order valence-electron chi connectivity index (χ3n) is 5.75. The van der Waals surface area contributed by atoms with Crippen molar-refractivity contribution in [1.29, 1.82) is 0 Å². The molecule has 0 fully saturated rings. The van der Waals surface area contributed by atoms with Crippen molar-refractivity contribution in [1.82, 2.24) is 30.1 Å². The van der Waals surface area contributed by atoms with E-state index in [0.717, 1.165) is 81.0 Å². The van der Waals surface area contributed by atoms with E-state index in [9.17, 15) is 0 Å². The first-order valence-corrected chi connectivity index (χ1v) is 12.2. The minimum atomic E-state index is 0.626. The number of hydrogen-bond donors (Lipinski definition) is 3. The molecule has 0 saturated heterocycles. The predicted octanol–water partition coefficient (Wildman–Crippen LogP) is 5.21. The standard InChI is InChI=1S/C25H25BrN8O/c1-3-21-28-10-7-19(32-21)16-11-15-5-6-17(35-2)13-18(15)20(12-16)27-8-4-9-29-24-22-23(26)33-34-25(22)31-14-30-24/h5-7,10-14,27H,3-4,8-9H2,1-2H3,(H2,29,30,31,33,34). The van der Waals surface area contributed by atoms with E-state index < -0.39 is 0 Å². The third-order valence-corrected chi connectivity index (χ3v) is 6.32. The summed E-state index contributed by atoms with van der Waals surface area (Å²) < 4.78 is 6.24. The van der Waals surface area contributed by atoms with Crippen molar-refractivity contribution in [3.8, 4) is 17.0 Å². The number of nitrogens with one attached hydrogen (secondary N) is 3. The monoisotopic (exact) mass is 532 g/mol. The number of halogens is 1. The van der Waals surface area contributed by atoms with Gasteiger partial charge in [0.05, 0.1) is 18.2 Å². The van der Waals surface area contributed by atoms with E-state index in [4.69, 9.17) is 9.72 Å². The number of aromatic amines is 1. The number of hydrogen-bond acceptors (Lipinski definition) is 8. The number of benzene rings is 2. The minimum Gasteiger partial charge on any atom is -0.497 e. The molecule has 0 radical (unpaired) electrons. The molecule has 178 valence electrons. The fraction of sp³-hybridized carbons (Fsp3) is 0.240. The van der Waals surface area contributed by atoms with Crippen molar-refractivity contribution in [2.24, 2.45) is 0 Å². The van der Waals surface area contributed by atoms with Gasteiger partial charge in [0.15, 0.2) is 5.65 Å². The summed E-state index contributed by atoms with van der Waals surface area (Å²) in [5, 5.41) is 17.1. The highest BCUT2D eigenvalue weighted by Crippen LogP contribution is 2.33. The lowest BCUT2D eigenvalue weighted by Gasteiger charge is -2.14. The third kappa shape index (κ3) is 4.88. The van der Waals surface area contributed by atoms with Crippen molar-refractivity contribution >= 4 is 49.2 Å². The molecule has 2 aromatic carbocycles. The summed E-state index contributed by atoms with van der Waals surface area (Å²) in [7, 11) is 1.68. The van der Waals surface area contributed by atoms with Crippen molar-refractivity contribution in [2.45, 2.75) is 19.8 Å². The van der Waals surface area contributed by atoms with Gasteiger partial charge in [0.1, 0.15) is 28.3 Å². The number of aryl methyl sites for hydroxylation is 1. The van der Waals surface area contributed by atoms with Crippen LogP contribution >= 0.6 is 15.9 Å². The van der Waals surface area contributed by atoms with Crippen LogP contribution in [0.25, 0.3) is 33.1 Å². The number of ether oxygens (including phenoxy) is 1. The molecule has 0 aliphatic rings. The highest BCUT2D eigenvalue weighted by Gasteiger charge is 2.11. The SMILES string of the molecule is CCc1nccc(-c2cc(NCCCNc3ncnc4n[nH]c(Br)c34)c3cc(OC)ccc3c2)n1. The summed E-state index contributed by atoms with van der Waals surface area (Å²) in [6.07, 6.45) is 5.01. The van der Waals surface area contributed by atoms with E-state index in [1.54, 1.807) is 7.11 Å². The van der Waals surface area contributed by atoms with Crippen LogP contribution in [-0.2, 0) is 6.42 Å². The molecular weight excluding hydrogens is 508 g/mol. The Morgan fingerprint density at radius 2 is 1.91 bits per heavy atom. The van der Waals surface area contributed by atoms with E-state index in [1.807, 2.05) is 18.3 Å².